The van der Waals surface area contributed by atoms with Gasteiger partial charge in [0.05, 0.1) is 36.9 Å². The lowest BCUT2D eigenvalue weighted by Crippen LogP contribution is -2.42. The molecule has 1 fully saturated rings. The highest BCUT2D eigenvalue weighted by Gasteiger charge is 2.41. The number of nitrogens with one attached hydrogen (secondary N) is 2. The molecule has 3 heterocycles. The average molecular weight is 443 g/mol. The largest absolute Gasteiger partial charge is 0.481 e. The molecular formula is C21H22FN5O5. The number of aliphatic hydroxyl groups is 1. The number of aliphatic carboxylic acids is 1. The molecule has 1 saturated heterocycles. The van der Waals surface area contributed by atoms with E-state index in [4.69, 9.17) is 14.6 Å². The second-order valence-corrected chi connectivity index (χ2v) is 7.59. The van der Waals surface area contributed by atoms with Gasteiger partial charge < -0.3 is 30.0 Å². The van der Waals surface area contributed by atoms with Crippen LogP contribution in [-0.2, 0) is 14.3 Å². The SMILES string of the molecule is CC1(C(=O)O)COC(c2nc(-c3ccc(F)cc3)c(-c3ccnc(NCCO)n3)[nH]2)OC1. The predicted molar refractivity (Wildman–Crippen MR) is 111 cm³/mol. The zero-order chi connectivity index (χ0) is 22.7. The number of aliphatic hydroxyl groups excluding tert-OH is 1. The lowest BCUT2D eigenvalue weighted by atomic mass is 9.92. The van der Waals surface area contributed by atoms with Gasteiger partial charge in [-0.05, 0) is 37.3 Å². The maximum atomic E-state index is 13.5. The third-order valence-corrected chi connectivity index (χ3v) is 4.99. The van der Waals surface area contributed by atoms with Crippen molar-refractivity contribution in [3.05, 3.63) is 48.2 Å². The molecule has 4 N–H and O–H groups in total. The Morgan fingerprint density at radius 2 is 1.97 bits per heavy atom. The molecule has 0 atom stereocenters. The second-order valence-electron chi connectivity index (χ2n) is 7.59. The zero-order valence-corrected chi connectivity index (χ0v) is 17.2. The van der Waals surface area contributed by atoms with Gasteiger partial charge >= 0.3 is 5.97 Å². The van der Waals surface area contributed by atoms with E-state index in [0.29, 0.717) is 34.4 Å². The van der Waals surface area contributed by atoms with E-state index in [1.54, 1.807) is 31.3 Å². The first-order valence-corrected chi connectivity index (χ1v) is 9.90. The Morgan fingerprint density at radius 1 is 1.25 bits per heavy atom. The minimum atomic E-state index is -1.15. The predicted octanol–water partition coefficient (Wildman–Crippen LogP) is 2.21. The van der Waals surface area contributed by atoms with Crippen molar-refractivity contribution in [2.75, 3.05) is 31.7 Å². The van der Waals surface area contributed by atoms with Crippen molar-refractivity contribution in [3.63, 3.8) is 0 Å². The van der Waals surface area contributed by atoms with Gasteiger partial charge in [0.1, 0.15) is 11.2 Å². The van der Waals surface area contributed by atoms with Crippen molar-refractivity contribution in [1.29, 1.82) is 0 Å². The number of rotatable bonds is 7. The Balaban J connectivity index is 1.70. The van der Waals surface area contributed by atoms with E-state index in [9.17, 15) is 14.3 Å². The fourth-order valence-electron chi connectivity index (χ4n) is 3.15. The fourth-order valence-corrected chi connectivity index (χ4v) is 3.15. The number of hydrogen-bond donors (Lipinski definition) is 4. The number of aromatic amines is 1. The number of H-pyrrole nitrogens is 1. The molecule has 1 aliphatic rings. The third kappa shape index (κ3) is 4.44. The normalized spacial score (nSPS) is 20.8. The average Bonchev–Trinajstić information content (AvgIpc) is 3.24. The van der Waals surface area contributed by atoms with Crippen LogP contribution < -0.4 is 5.32 Å². The van der Waals surface area contributed by atoms with Gasteiger partial charge in [0.25, 0.3) is 0 Å². The molecule has 0 saturated carbocycles. The van der Waals surface area contributed by atoms with Crippen LogP contribution in [0.4, 0.5) is 10.3 Å². The Labute approximate surface area is 182 Å². The summed E-state index contributed by atoms with van der Waals surface area (Å²) in [5, 5.41) is 21.3. The summed E-state index contributed by atoms with van der Waals surface area (Å²) in [6, 6.07) is 7.52. The second kappa shape index (κ2) is 8.99. The lowest BCUT2D eigenvalue weighted by Gasteiger charge is -2.33. The smallest absolute Gasteiger partial charge is 0.314 e. The molecular weight excluding hydrogens is 421 g/mol. The van der Waals surface area contributed by atoms with Crippen LogP contribution in [0.2, 0.25) is 0 Å². The highest BCUT2D eigenvalue weighted by molar-refractivity contribution is 5.77. The molecule has 11 heteroatoms. The quantitative estimate of drug-likeness (QED) is 0.432. The summed E-state index contributed by atoms with van der Waals surface area (Å²) >= 11 is 0. The molecule has 0 bridgehead atoms. The monoisotopic (exact) mass is 443 g/mol. The van der Waals surface area contributed by atoms with Crippen LogP contribution in [0.25, 0.3) is 22.6 Å². The molecule has 32 heavy (non-hydrogen) atoms. The van der Waals surface area contributed by atoms with E-state index in [-0.39, 0.29) is 32.2 Å². The van der Waals surface area contributed by atoms with Gasteiger partial charge in [0, 0.05) is 18.3 Å². The summed E-state index contributed by atoms with van der Waals surface area (Å²) in [5.41, 5.74) is 1.01. The maximum Gasteiger partial charge on any atom is 0.314 e. The van der Waals surface area contributed by atoms with Crippen LogP contribution in [0, 0.1) is 11.2 Å². The first kappa shape index (κ1) is 21.8. The van der Waals surface area contributed by atoms with Gasteiger partial charge in [-0.25, -0.2) is 19.3 Å². The number of carbonyl (C=O) groups is 1. The third-order valence-electron chi connectivity index (χ3n) is 4.99. The van der Waals surface area contributed by atoms with Crippen LogP contribution >= 0.6 is 0 Å². The fraction of sp³-hybridized carbons (Fsp3) is 0.333. The van der Waals surface area contributed by atoms with Crippen LogP contribution in [-0.4, -0.2) is 62.5 Å². The van der Waals surface area contributed by atoms with Crippen LogP contribution in [0.5, 0.6) is 0 Å². The lowest BCUT2D eigenvalue weighted by molar-refractivity contribution is -0.236. The minimum Gasteiger partial charge on any atom is -0.481 e. The molecule has 0 spiro atoms. The molecule has 3 aromatic rings. The summed E-state index contributed by atoms with van der Waals surface area (Å²) in [4.78, 5) is 27.8. The van der Waals surface area contributed by atoms with Crippen LogP contribution in [0.3, 0.4) is 0 Å². The van der Waals surface area contributed by atoms with E-state index < -0.39 is 17.7 Å². The first-order valence-electron chi connectivity index (χ1n) is 9.90. The standard InChI is InChI=1S/C21H22FN5O5/c1-21(19(29)30)10-31-18(32-11-21)17-26-15(12-2-4-13(22)5-3-12)16(27-17)14-6-7-23-20(25-14)24-8-9-28/h2-7,18,28H,8-11H2,1H3,(H,26,27)(H,29,30)(H,23,24,25). The molecule has 2 aromatic heterocycles. The van der Waals surface area contributed by atoms with Crippen molar-refractivity contribution in [2.45, 2.75) is 13.2 Å². The van der Waals surface area contributed by atoms with E-state index in [1.807, 2.05) is 0 Å². The van der Waals surface area contributed by atoms with Gasteiger partial charge in [-0.1, -0.05) is 0 Å². The molecule has 0 aliphatic carbocycles. The first-order chi connectivity index (χ1) is 15.4. The number of ether oxygens (including phenoxy) is 2. The van der Waals surface area contributed by atoms with E-state index in [2.05, 4.69) is 25.3 Å². The summed E-state index contributed by atoms with van der Waals surface area (Å²) < 4.78 is 24.8. The summed E-state index contributed by atoms with van der Waals surface area (Å²) in [5.74, 6) is -0.738. The molecule has 0 unspecified atom stereocenters. The summed E-state index contributed by atoms with van der Waals surface area (Å²) in [6.45, 7) is 1.67. The van der Waals surface area contributed by atoms with Gasteiger partial charge in [-0.3, -0.25) is 4.79 Å². The Bertz CT molecular complexity index is 1100. The highest BCUT2D eigenvalue weighted by Crippen LogP contribution is 2.35. The topological polar surface area (TPSA) is 142 Å². The number of aromatic nitrogens is 4. The summed E-state index contributed by atoms with van der Waals surface area (Å²) in [7, 11) is 0. The van der Waals surface area contributed by atoms with Crippen LogP contribution in [0.1, 0.15) is 19.0 Å². The molecule has 1 aromatic carbocycles. The number of halogens is 1. The van der Waals surface area contributed by atoms with E-state index in [0.717, 1.165) is 0 Å². The Kier molecular flexibility index (Phi) is 6.12. The number of carboxylic acid groups (broad SMARTS) is 1. The molecule has 0 amide bonds. The number of benzene rings is 1. The van der Waals surface area contributed by atoms with E-state index >= 15 is 0 Å². The number of anilines is 1. The highest BCUT2D eigenvalue weighted by atomic mass is 19.1. The van der Waals surface area contributed by atoms with E-state index in [1.165, 1.54) is 12.1 Å². The number of imidazole rings is 1. The maximum absolute atomic E-state index is 13.5. The van der Waals surface area contributed by atoms with Crippen molar-refractivity contribution in [3.8, 4) is 22.6 Å². The van der Waals surface area contributed by atoms with Gasteiger partial charge in [0.15, 0.2) is 5.82 Å². The van der Waals surface area contributed by atoms with Crippen molar-refractivity contribution < 1.29 is 28.9 Å². The Hall–Kier alpha value is -3.41. The zero-order valence-electron chi connectivity index (χ0n) is 17.2. The number of nitrogens with zero attached hydrogens (tertiary/aromatic N) is 3. The molecule has 0 radical (unpaired) electrons. The van der Waals surface area contributed by atoms with Crippen molar-refractivity contribution in [1.82, 2.24) is 19.9 Å². The van der Waals surface area contributed by atoms with Crippen molar-refractivity contribution in [2.24, 2.45) is 5.41 Å². The van der Waals surface area contributed by atoms with Gasteiger partial charge in [-0.15, -0.1) is 0 Å². The van der Waals surface area contributed by atoms with Gasteiger partial charge in [0.2, 0.25) is 12.2 Å². The molecule has 1 aliphatic heterocycles. The molecule has 168 valence electrons. The molecule has 4 rings (SSSR count). The summed E-state index contributed by atoms with van der Waals surface area (Å²) in [6.07, 6.45) is 0.660. The van der Waals surface area contributed by atoms with Gasteiger partial charge in [-0.2, -0.15) is 0 Å². The molecule has 10 nitrogen and oxygen atoms in total. The minimum absolute atomic E-state index is 0.0440. The van der Waals surface area contributed by atoms with Crippen LogP contribution in [0.15, 0.2) is 36.5 Å². The number of hydrogen-bond acceptors (Lipinski definition) is 8. The Morgan fingerprint density at radius 3 is 2.62 bits per heavy atom. The van der Waals surface area contributed by atoms with Crippen molar-refractivity contribution >= 4 is 11.9 Å². The number of carboxylic acids is 1.